The highest BCUT2D eigenvalue weighted by Gasteiger charge is 2.41. The molecule has 14 heavy (non-hydrogen) atoms. The van der Waals surface area contributed by atoms with Crippen LogP contribution < -0.4 is 5.73 Å². The van der Waals surface area contributed by atoms with Crippen molar-refractivity contribution in [2.75, 3.05) is 0 Å². The first-order valence-electron chi connectivity index (χ1n) is 4.91. The van der Waals surface area contributed by atoms with E-state index in [0.717, 1.165) is 24.3 Å². The molecule has 0 aromatic carbocycles. The second kappa shape index (κ2) is 3.07. The van der Waals surface area contributed by atoms with Gasteiger partial charge in [0.15, 0.2) is 0 Å². The highest BCUT2D eigenvalue weighted by molar-refractivity contribution is 5.09. The van der Waals surface area contributed by atoms with Crippen LogP contribution in [-0.4, -0.2) is 15.6 Å². The predicted molar refractivity (Wildman–Crippen MR) is 51.7 cm³/mol. The van der Waals surface area contributed by atoms with Gasteiger partial charge in [0.25, 0.3) is 0 Å². The minimum atomic E-state index is -0.658. The van der Waals surface area contributed by atoms with E-state index >= 15 is 0 Å². The van der Waals surface area contributed by atoms with Crippen molar-refractivity contribution in [3.05, 3.63) is 17.3 Å². The molecule has 0 spiro atoms. The van der Waals surface area contributed by atoms with E-state index in [4.69, 9.17) is 10.2 Å². The first-order valence-corrected chi connectivity index (χ1v) is 4.91. The molecule has 78 valence electrons. The Bertz CT molecular complexity index is 322. The highest BCUT2D eigenvalue weighted by atomic mass is 16.4. The van der Waals surface area contributed by atoms with Gasteiger partial charge in [-0.15, -0.1) is 0 Å². The van der Waals surface area contributed by atoms with Gasteiger partial charge in [-0.05, 0) is 26.7 Å². The van der Waals surface area contributed by atoms with Crippen LogP contribution in [-0.2, 0) is 0 Å². The van der Waals surface area contributed by atoms with Crippen molar-refractivity contribution in [1.29, 1.82) is 0 Å². The molecule has 1 heterocycles. The SMILES string of the molecule is Cc1nc(C(O)CC2(N)CC2)oc1C. The summed E-state index contributed by atoms with van der Waals surface area (Å²) in [5, 5.41) is 9.80. The molecule has 1 unspecified atom stereocenters. The average molecular weight is 196 g/mol. The van der Waals surface area contributed by atoms with Crippen LogP contribution in [0, 0.1) is 13.8 Å². The van der Waals surface area contributed by atoms with Crippen molar-refractivity contribution in [2.45, 2.75) is 44.8 Å². The maximum atomic E-state index is 9.80. The molecule has 2 rings (SSSR count). The van der Waals surface area contributed by atoms with Crippen LogP contribution in [0.4, 0.5) is 0 Å². The molecule has 3 N–H and O–H groups in total. The molecule has 1 fully saturated rings. The summed E-state index contributed by atoms with van der Waals surface area (Å²) >= 11 is 0. The number of rotatable bonds is 3. The Kier molecular flexibility index (Phi) is 2.12. The molecule has 0 amide bonds. The second-order valence-electron chi connectivity index (χ2n) is 4.28. The number of hydrogen-bond donors (Lipinski definition) is 2. The maximum Gasteiger partial charge on any atom is 0.223 e. The molecule has 1 aliphatic carbocycles. The molecule has 1 saturated carbocycles. The van der Waals surface area contributed by atoms with Gasteiger partial charge in [0.1, 0.15) is 11.9 Å². The van der Waals surface area contributed by atoms with Crippen LogP contribution in [0.3, 0.4) is 0 Å². The minimum absolute atomic E-state index is 0.171. The highest BCUT2D eigenvalue weighted by Crippen LogP contribution is 2.40. The Morgan fingerprint density at radius 1 is 1.57 bits per heavy atom. The predicted octanol–water partition coefficient (Wildman–Crippen LogP) is 1.21. The monoisotopic (exact) mass is 196 g/mol. The number of aromatic nitrogens is 1. The van der Waals surface area contributed by atoms with Crippen molar-refractivity contribution in [3.8, 4) is 0 Å². The number of aliphatic hydroxyl groups is 1. The van der Waals surface area contributed by atoms with Gasteiger partial charge in [0.2, 0.25) is 5.89 Å². The molecular weight excluding hydrogens is 180 g/mol. The van der Waals surface area contributed by atoms with Crippen LogP contribution in [0.5, 0.6) is 0 Å². The van der Waals surface area contributed by atoms with Gasteiger partial charge in [-0.3, -0.25) is 0 Å². The van der Waals surface area contributed by atoms with Crippen LogP contribution in [0.1, 0.15) is 42.7 Å². The van der Waals surface area contributed by atoms with Crippen molar-refractivity contribution >= 4 is 0 Å². The smallest absolute Gasteiger partial charge is 0.223 e. The summed E-state index contributed by atoms with van der Waals surface area (Å²) in [6.45, 7) is 3.71. The first kappa shape index (κ1) is 9.68. The average Bonchev–Trinajstić information content (AvgIpc) is 2.71. The Morgan fingerprint density at radius 3 is 2.64 bits per heavy atom. The summed E-state index contributed by atoms with van der Waals surface area (Å²) in [6, 6.07) is 0. The van der Waals surface area contributed by atoms with Crippen molar-refractivity contribution in [1.82, 2.24) is 4.98 Å². The number of oxazole rings is 1. The summed E-state index contributed by atoms with van der Waals surface area (Å²) in [5.41, 5.74) is 6.56. The quantitative estimate of drug-likeness (QED) is 0.762. The fourth-order valence-corrected chi connectivity index (χ4v) is 1.48. The third-order valence-electron chi connectivity index (χ3n) is 2.82. The van der Waals surface area contributed by atoms with E-state index in [1.807, 2.05) is 13.8 Å². The largest absolute Gasteiger partial charge is 0.443 e. The Hall–Kier alpha value is -0.870. The molecule has 4 heteroatoms. The summed E-state index contributed by atoms with van der Waals surface area (Å²) in [6.07, 6.45) is 1.87. The molecule has 1 aromatic rings. The van der Waals surface area contributed by atoms with Crippen molar-refractivity contribution < 1.29 is 9.52 Å². The number of aliphatic hydroxyl groups excluding tert-OH is 1. The summed E-state index contributed by atoms with van der Waals surface area (Å²) in [4.78, 5) is 4.15. The van der Waals surface area contributed by atoms with Gasteiger partial charge in [0, 0.05) is 12.0 Å². The molecule has 0 saturated heterocycles. The van der Waals surface area contributed by atoms with Crippen molar-refractivity contribution in [2.24, 2.45) is 5.73 Å². The van der Waals surface area contributed by atoms with Gasteiger partial charge in [-0.25, -0.2) is 4.98 Å². The third kappa shape index (κ3) is 1.81. The molecular formula is C10H16N2O2. The Morgan fingerprint density at radius 2 is 2.21 bits per heavy atom. The Labute approximate surface area is 83.1 Å². The standard InChI is InChI=1S/C10H16N2O2/c1-6-7(2)14-9(12-6)8(13)5-10(11)3-4-10/h8,13H,3-5,11H2,1-2H3. The topological polar surface area (TPSA) is 72.3 Å². The minimum Gasteiger partial charge on any atom is -0.443 e. The van der Waals surface area contributed by atoms with Crippen molar-refractivity contribution in [3.63, 3.8) is 0 Å². The normalized spacial score (nSPS) is 20.9. The number of nitrogens with zero attached hydrogens (tertiary/aromatic N) is 1. The number of hydrogen-bond acceptors (Lipinski definition) is 4. The lowest BCUT2D eigenvalue weighted by molar-refractivity contribution is 0.122. The van der Waals surface area contributed by atoms with Crippen LogP contribution in [0.15, 0.2) is 4.42 Å². The number of nitrogens with two attached hydrogens (primary N) is 1. The summed E-state index contributed by atoms with van der Waals surface area (Å²) < 4.78 is 5.33. The van der Waals surface area contributed by atoms with E-state index in [2.05, 4.69) is 4.98 Å². The summed E-state index contributed by atoms with van der Waals surface area (Å²) in [5.74, 6) is 1.16. The maximum absolute atomic E-state index is 9.80. The molecule has 0 radical (unpaired) electrons. The molecule has 0 bridgehead atoms. The fraction of sp³-hybridized carbons (Fsp3) is 0.700. The van der Waals surface area contributed by atoms with Gasteiger partial charge in [-0.1, -0.05) is 0 Å². The van der Waals surface area contributed by atoms with E-state index in [-0.39, 0.29) is 5.54 Å². The third-order valence-corrected chi connectivity index (χ3v) is 2.82. The van der Waals surface area contributed by atoms with E-state index in [1.54, 1.807) is 0 Å². The molecule has 1 aromatic heterocycles. The van der Waals surface area contributed by atoms with Crippen LogP contribution in [0.2, 0.25) is 0 Å². The zero-order valence-electron chi connectivity index (χ0n) is 8.58. The lowest BCUT2D eigenvalue weighted by Crippen LogP contribution is -2.24. The fourth-order valence-electron chi connectivity index (χ4n) is 1.48. The molecule has 0 aliphatic heterocycles. The number of aryl methyl sites for hydroxylation is 2. The first-order chi connectivity index (χ1) is 6.50. The molecule has 1 atom stereocenters. The Balaban J connectivity index is 2.06. The van der Waals surface area contributed by atoms with Gasteiger partial charge < -0.3 is 15.3 Å². The van der Waals surface area contributed by atoms with Crippen LogP contribution in [0.25, 0.3) is 0 Å². The molecule has 4 nitrogen and oxygen atoms in total. The van der Waals surface area contributed by atoms with Gasteiger partial charge >= 0.3 is 0 Å². The van der Waals surface area contributed by atoms with E-state index in [9.17, 15) is 5.11 Å². The second-order valence-corrected chi connectivity index (χ2v) is 4.28. The van der Waals surface area contributed by atoms with E-state index < -0.39 is 6.10 Å². The zero-order chi connectivity index (χ0) is 10.3. The van der Waals surface area contributed by atoms with Gasteiger partial charge in [-0.2, -0.15) is 0 Å². The van der Waals surface area contributed by atoms with Crippen LogP contribution >= 0.6 is 0 Å². The van der Waals surface area contributed by atoms with Gasteiger partial charge in [0.05, 0.1) is 5.69 Å². The lowest BCUT2D eigenvalue weighted by atomic mass is 10.1. The zero-order valence-corrected chi connectivity index (χ0v) is 8.58. The molecule has 1 aliphatic rings. The lowest BCUT2D eigenvalue weighted by Gasteiger charge is -2.11. The van der Waals surface area contributed by atoms with E-state index in [0.29, 0.717) is 12.3 Å². The van der Waals surface area contributed by atoms with E-state index in [1.165, 1.54) is 0 Å². The summed E-state index contributed by atoms with van der Waals surface area (Å²) in [7, 11) is 0.